The highest BCUT2D eigenvalue weighted by molar-refractivity contribution is 14.1. The second-order valence-corrected chi connectivity index (χ2v) is 6.24. The number of amides is 1. The van der Waals surface area contributed by atoms with Crippen molar-refractivity contribution in [1.29, 1.82) is 0 Å². The third-order valence-corrected chi connectivity index (χ3v) is 5.14. The van der Waals surface area contributed by atoms with Gasteiger partial charge in [0.05, 0.1) is 30.2 Å². The fourth-order valence-electron chi connectivity index (χ4n) is 2.16. The number of ether oxygens (including phenoxy) is 1. The third kappa shape index (κ3) is 3.23. The molecule has 3 nitrogen and oxygen atoms in total. The van der Waals surface area contributed by atoms with Crippen molar-refractivity contribution >= 4 is 40.1 Å². The van der Waals surface area contributed by atoms with Gasteiger partial charge >= 0.3 is 0 Å². The van der Waals surface area contributed by atoms with Crippen LogP contribution >= 0.6 is 34.2 Å². The quantitative estimate of drug-likeness (QED) is 0.571. The molecule has 1 aromatic carbocycles. The molecule has 0 aliphatic carbocycles. The lowest BCUT2D eigenvalue weighted by Gasteiger charge is -2.37. The first kappa shape index (κ1) is 15.1. The van der Waals surface area contributed by atoms with E-state index in [1.807, 2.05) is 36.9 Å². The van der Waals surface area contributed by atoms with Gasteiger partial charge in [-0.1, -0.05) is 12.1 Å². The molecule has 1 heterocycles. The predicted molar refractivity (Wildman–Crippen MR) is 84.9 cm³/mol. The van der Waals surface area contributed by atoms with Gasteiger partial charge in [-0.05, 0) is 48.1 Å². The van der Waals surface area contributed by atoms with Crippen molar-refractivity contribution in [3.8, 4) is 0 Å². The van der Waals surface area contributed by atoms with E-state index in [2.05, 4.69) is 22.6 Å². The summed E-state index contributed by atoms with van der Waals surface area (Å²) in [6, 6.07) is 5.91. The summed E-state index contributed by atoms with van der Waals surface area (Å²) in [6.07, 6.45) is -0.0655. The van der Waals surface area contributed by atoms with Gasteiger partial charge in [0.15, 0.2) is 0 Å². The van der Waals surface area contributed by atoms with Crippen LogP contribution in [0.2, 0.25) is 0 Å². The molecule has 19 heavy (non-hydrogen) atoms. The molecule has 2 unspecified atom stereocenters. The Kier molecular flexibility index (Phi) is 5.09. The molecule has 1 aliphatic rings. The normalized spacial score (nSPS) is 23.5. The number of morpholine rings is 1. The first-order valence-corrected chi connectivity index (χ1v) is 7.89. The van der Waals surface area contributed by atoms with E-state index in [9.17, 15) is 4.79 Å². The van der Waals surface area contributed by atoms with Crippen molar-refractivity contribution < 1.29 is 9.53 Å². The molecule has 0 aromatic heterocycles. The molecule has 1 aromatic rings. The van der Waals surface area contributed by atoms with Crippen molar-refractivity contribution in [2.24, 2.45) is 0 Å². The van der Waals surface area contributed by atoms with Gasteiger partial charge in [0.2, 0.25) is 0 Å². The van der Waals surface area contributed by atoms with Crippen LogP contribution in [0.15, 0.2) is 18.2 Å². The minimum absolute atomic E-state index is 0.0655. The standard InChI is InChI=1S/C14H17ClINO2/c1-9-4-3-5-12(13(9)16)14(18)17-7-11(6-15)19-8-10(17)2/h3-5,10-11H,6-8H2,1-2H3. The lowest BCUT2D eigenvalue weighted by Crippen LogP contribution is -2.51. The summed E-state index contributed by atoms with van der Waals surface area (Å²) < 4.78 is 6.60. The maximum absolute atomic E-state index is 12.7. The number of nitrogens with zero attached hydrogens (tertiary/aromatic N) is 1. The zero-order valence-electron chi connectivity index (χ0n) is 11.0. The molecular weight excluding hydrogens is 377 g/mol. The summed E-state index contributed by atoms with van der Waals surface area (Å²) in [5.41, 5.74) is 1.89. The smallest absolute Gasteiger partial charge is 0.255 e. The Hall–Kier alpha value is -0.330. The second-order valence-electron chi connectivity index (χ2n) is 4.85. The van der Waals surface area contributed by atoms with Crippen LogP contribution in [0, 0.1) is 10.5 Å². The summed E-state index contributed by atoms with van der Waals surface area (Å²) in [5.74, 6) is 0.487. The Labute approximate surface area is 132 Å². The highest BCUT2D eigenvalue weighted by atomic mass is 127. The predicted octanol–water partition coefficient (Wildman–Crippen LogP) is 3.07. The number of hydrogen-bond acceptors (Lipinski definition) is 2. The topological polar surface area (TPSA) is 29.5 Å². The fourth-order valence-corrected chi connectivity index (χ4v) is 2.94. The molecule has 0 radical (unpaired) electrons. The minimum Gasteiger partial charge on any atom is -0.373 e. The Balaban J connectivity index is 2.24. The maximum atomic E-state index is 12.7. The van der Waals surface area contributed by atoms with Crippen molar-refractivity contribution in [1.82, 2.24) is 4.90 Å². The van der Waals surface area contributed by atoms with Crippen LogP contribution in [0.1, 0.15) is 22.8 Å². The number of carbonyl (C=O) groups is 1. The number of rotatable bonds is 2. The zero-order valence-corrected chi connectivity index (χ0v) is 13.9. The van der Waals surface area contributed by atoms with Gasteiger partial charge in [0.25, 0.3) is 5.91 Å². The van der Waals surface area contributed by atoms with Gasteiger partial charge in [-0.2, -0.15) is 0 Å². The fraction of sp³-hybridized carbons (Fsp3) is 0.500. The van der Waals surface area contributed by atoms with E-state index in [1.165, 1.54) is 0 Å². The molecule has 5 heteroatoms. The van der Waals surface area contributed by atoms with E-state index in [4.69, 9.17) is 16.3 Å². The van der Waals surface area contributed by atoms with Gasteiger partial charge in [-0.25, -0.2) is 0 Å². The summed E-state index contributed by atoms with van der Waals surface area (Å²) in [7, 11) is 0. The van der Waals surface area contributed by atoms with Crippen LogP contribution in [-0.2, 0) is 4.74 Å². The highest BCUT2D eigenvalue weighted by Gasteiger charge is 2.30. The van der Waals surface area contributed by atoms with Crippen molar-refractivity contribution in [3.05, 3.63) is 32.9 Å². The first-order chi connectivity index (χ1) is 9.04. The summed E-state index contributed by atoms with van der Waals surface area (Å²) in [5, 5.41) is 0. The van der Waals surface area contributed by atoms with Crippen LogP contribution in [0.5, 0.6) is 0 Å². The number of carbonyl (C=O) groups excluding carboxylic acids is 1. The van der Waals surface area contributed by atoms with Gasteiger partial charge in [0, 0.05) is 10.1 Å². The van der Waals surface area contributed by atoms with Crippen LogP contribution < -0.4 is 0 Å². The molecule has 104 valence electrons. The number of halogens is 2. The largest absolute Gasteiger partial charge is 0.373 e. The van der Waals surface area contributed by atoms with Crippen molar-refractivity contribution in [3.63, 3.8) is 0 Å². The molecule has 1 saturated heterocycles. The van der Waals surface area contributed by atoms with Crippen LogP contribution in [-0.4, -0.2) is 42.0 Å². The van der Waals surface area contributed by atoms with Gasteiger partial charge in [0.1, 0.15) is 0 Å². The molecule has 0 bridgehead atoms. The average molecular weight is 394 g/mol. The molecule has 0 spiro atoms. The lowest BCUT2D eigenvalue weighted by atomic mass is 10.1. The molecule has 1 aliphatic heterocycles. The molecule has 2 rings (SSSR count). The van der Waals surface area contributed by atoms with Crippen LogP contribution in [0.4, 0.5) is 0 Å². The average Bonchev–Trinajstić information content (AvgIpc) is 2.42. The molecule has 0 N–H and O–H groups in total. The number of aryl methyl sites for hydroxylation is 1. The Morgan fingerprint density at radius 1 is 1.58 bits per heavy atom. The zero-order chi connectivity index (χ0) is 14.0. The third-order valence-electron chi connectivity index (χ3n) is 3.36. The van der Waals surface area contributed by atoms with Crippen LogP contribution in [0.3, 0.4) is 0 Å². The molecule has 2 atom stereocenters. The highest BCUT2D eigenvalue weighted by Crippen LogP contribution is 2.21. The number of alkyl halides is 1. The van der Waals surface area contributed by atoms with Gasteiger partial charge < -0.3 is 9.64 Å². The summed E-state index contributed by atoms with van der Waals surface area (Å²) in [4.78, 5) is 14.5. The number of hydrogen-bond donors (Lipinski definition) is 0. The first-order valence-electron chi connectivity index (χ1n) is 6.28. The lowest BCUT2D eigenvalue weighted by molar-refractivity contribution is -0.0372. The monoisotopic (exact) mass is 393 g/mol. The molecule has 1 fully saturated rings. The Morgan fingerprint density at radius 2 is 2.32 bits per heavy atom. The minimum atomic E-state index is -0.0655. The van der Waals surface area contributed by atoms with E-state index in [0.717, 1.165) is 14.7 Å². The molecule has 0 saturated carbocycles. The van der Waals surface area contributed by atoms with Gasteiger partial charge in [-0.15, -0.1) is 11.6 Å². The Bertz CT molecular complexity index is 481. The molecular formula is C14H17ClINO2. The van der Waals surface area contributed by atoms with E-state index in [0.29, 0.717) is 19.0 Å². The number of benzene rings is 1. The van der Waals surface area contributed by atoms with Crippen LogP contribution in [0.25, 0.3) is 0 Å². The van der Waals surface area contributed by atoms with E-state index >= 15 is 0 Å². The van der Waals surface area contributed by atoms with Crippen molar-refractivity contribution in [2.75, 3.05) is 19.0 Å². The van der Waals surface area contributed by atoms with E-state index in [1.54, 1.807) is 0 Å². The van der Waals surface area contributed by atoms with E-state index in [-0.39, 0.29) is 18.1 Å². The summed E-state index contributed by atoms with van der Waals surface area (Å²) >= 11 is 8.07. The second kappa shape index (κ2) is 6.41. The maximum Gasteiger partial charge on any atom is 0.255 e. The SMILES string of the molecule is Cc1cccc(C(=O)N2CC(CCl)OCC2C)c1I. The summed E-state index contributed by atoms with van der Waals surface area (Å²) in [6.45, 7) is 5.13. The molecule has 1 amide bonds. The van der Waals surface area contributed by atoms with E-state index < -0.39 is 0 Å². The van der Waals surface area contributed by atoms with Crippen molar-refractivity contribution in [2.45, 2.75) is 26.0 Å². The Morgan fingerprint density at radius 3 is 3.00 bits per heavy atom. The van der Waals surface area contributed by atoms with Gasteiger partial charge in [-0.3, -0.25) is 4.79 Å².